The number of hydrogen-bond donors (Lipinski definition) is 1. The van der Waals surface area contributed by atoms with Crippen LogP contribution in [0.1, 0.15) is 43.2 Å². The molecule has 6 nitrogen and oxygen atoms in total. The average molecular weight is 488 g/mol. The first-order chi connectivity index (χ1) is 16.4. The first-order valence-electron chi connectivity index (χ1n) is 11.6. The number of nitrogens with zero attached hydrogens (tertiary/aromatic N) is 2. The SMILES string of the molecule is COc1ccc2c(c1)[C@]1(SCCN1C(=O)NC1CCCCC1)C(=O)N2Cc1ccc(F)c(F)c1. The molecular weight excluding hydrogens is 460 g/mol. The quantitative estimate of drug-likeness (QED) is 0.675. The average Bonchev–Trinajstić information content (AvgIpc) is 3.39. The summed E-state index contributed by atoms with van der Waals surface area (Å²) in [6.45, 7) is 0.500. The molecule has 2 fully saturated rings. The normalized spacial score (nSPS) is 22.4. The molecule has 180 valence electrons. The third-order valence-corrected chi connectivity index (χ3v) is 8.32. The number of carbonyl (C=O) groups is 2. The van der Waals surface area contributed by atoms with Gasteiger partial charge < -0.3 is 15.0 Å². The Hall–Kier alpha value is -2.81. The molecule has 1 atom stereocenters. The third-order valence-electron chi connectivity index (χ3n) is 6.90. The molecule has 2 aliphatic heterocycles. The number of nitrogens with one attached hydrogen (secondary N) is 1. The van der Waals surface area contributed by atoms with Crippen LogP contribution >= 0.6 is 11.8 Å². The van der Waals surface area contributed by atoms with Crippen LogP contribution in [-0.2, 0) is 16.2 Å². The summed E-state index contributed by atoms with van der Waals surface area (Å²) in [4.78, 5) is 29.4. The lowest BCUT2D eigenvalue weighted by atomic mass is 9.95. The molecule has 2 aromatic carbocycles. The molecule has 0 radical (unpaired) electrons. The highest BCUT2D eigenvalue weighted by molar-refractivity contribution is 8.01. The highest BCUT2D eigenvalue weighted by Crippen LogP contribution is 2.55. The molecule has 3 amide bonds. The summed E-state index contributed by atoms with van der Waals surface area (Å²) >= 11 is 1.42. The van der Waals surface area contributed by atoms with Gasteiger partial charge in [0.05, 0.1) is 19.3 Å². The molecule has 9 heteroatoms. The number of thioether (sulfide) groups is 1. The van der Waals surface area contributed by atoms with Crippen LogP contribution in [0.5, 0.6) is 5.75 Å². The monoisotopic (exact) mass is 487 g/mol. The van der Waals surface area contributed by atoms with E-state index in [0.29, 0.717) is 34.9 Å². The summed E-state index contributed by atoms with van der Waals surface area (Å²) < 4.78 is 32.8. The van der Waals surface area contributed by atoms with Crippen LogP contribution in [0.2, 0.25) is 0 Å². The van der Waals surface area contributed by atoms with E-state index in [0.717, 1.165) is 37.8 Å². The molecule has 1 spiro atoms. The van der Waals surface area contributed by atoms with Crippen molar-refractivity contribution in [3.63, 3.8) is 0 Å². The highest BCUT2D eigenvalue weighted by atomic mass is 32.2. The number of hydrogen-bond acceptors (Lipinski definition) is 4. The first-order valence-corrected chi connectivity index (χ1v) is 12.6. The number of urea groups is 1. The Kier molecular flexibility index (Phi) is 6.14. The maximum atomic E-state index is 14.0. The Bertz CT molecular complexity index is 1120. The van der Waals surface area contributed by atoms with Gasteiger partial charge in [-0.1, -0.05) is 25.3 Å². The highest BCUT2D eigenvalue weighted by Gasteiger charge is 2.59. The van der Waals surface area contributed by atoms with E-state index in [9.17, 15) is 18.4 Å². The van der Waals surface area contributed by atoms with E-state index in [1.54, 1.807) is 35.1 Å². The van der Waals surface area contributed by atoms with Crippen LogP contribution in [0, 0.1) is 11.6 Å². The lowest BCUT2D eigenvalue weighted by Gasteiger charge is -2.35. The number of rotatable bonds is 4. The number of halogens is 2. The Morgan fingerprint density at radius 1 is 1.15 bits per heavy atom. The van der Waals surface area contributed by atoms with Crippen LogP contribution in [0.3, 0.4) is 0 Å². The standard InChI is InChI=1S/C25H27F2N3O3S/c1-33-18-8-10-22-19(14-18)25(23(31)29(22)15-16-7-9-20(26)21(27)13-16)30(11-12-34-25)24(32)28-17-5-3-2-4-6-17/h7-10,13-14,17H,2-6,11-12,15H2,1H3,(H,28,32)/t25-/m0/s1. The molecule has 1 aliphatic carbocycles. The predicted molar refractivity (Wildman–Crippen MR) is 127 cm³/mol. The van der Waals surface area contributed by atoms with Crippen molar-refractivity contribution in [2.45, 2.75) is 49.6 Å². The minimum Gasteiger partial charge on any atom is -0.497 e. The molecule has 2 heterocycles. The minimum atomic E-state index is -1.22. The lowest BCUT2D eigenvalue weighted by Crippen LogP contribution is -2.55. The Morgan fingerprint density at radius 3 is 2.68 bits per heavy atom. The summed E-state index contributed by atoms with van der Waals surface area (Å²) in [7, 11) is 1.56. The van der Waals surface area contributed by atoms with Gasteiger partial charge in [0.25, 0.3) is 5.91 Å². The maximum Gasteiger partial charge on any atom is 0.319 e. The fourth-order valence-corrected chi connectivity index (χ4v) is 6.65. The van der Waals surface area contributed by atoms with Gasteiger partial charge in [0.15, 0.2) is 16.5 Å². The number of carbonyl (C=O) groups excluding carboxylic acids is 2. The van der Waals surface area contributed by atoms with Crippen molar-refractivity contribution >= 4 is 29.4 Å². The fraction of sp³-hybridized carbons (Fsp3) is 0.440. The van der Waals surface area contributed by atoms with E-state index in [4.69, 9.17) is 4.74 Å². The van der Waals surface area contributed by atoms with Crippen molar-refractivity contribution in [1.82, 2.24) is 10.2 Å². The van der Waals surface area contributed by atoms with Crippen LogP contribution in [0.4, 0.5) is 19.3 Å². The fourth-order valence-electron chi connectivity index (χ4n) is 5.20. The zero-order chi connectivity index (χ0) is 23.9. The summed E-state index contributed by atoms with van der Waals surface area (Å²) in [5.74, 6) is -0.963. The van der Waals surface area contributed by atoms with Gasteiger partial charge in [0.2, 0.25) is 0 Å². The van der Waals surface area contributed by atoms with Gasteiger partial charge in [-0.2, -0.15) is 0 Å². The van der Waals surface area contributed by atoms with E-state index in [2.05, 4.69) is 5.32 Å². The molecule has 34 heavy (non-hydrogen) atoms. The molecule has 0 aromatic heterocycles. The molecule has 2 aromatic rings. The third kappa shape index (κ3) is 3.79. The molecule has 1 saturated carbocycles. The van der Waals surface area contributed by atoms with Crippen molar-refractivity contribution in [3.8, 4) is 5.75 Å². The van der Waals surface area contributed by atoms with Crippen molar-refractivity contribution in [2.75, 3.05) is 24.3 Å². The molecule has 1 N–H and O–H groups in total. The van der Waals surface area contributed by atoms with E-state index in [1.165, 1.54) is 24.2 Å². The Labute approximate surface area is 201 Å². The maximum absolute atomic E-state index is 14.0. The molecule has 3 aliphatic rings. The summed E-state index contributed by atoms with van der Waals surface area (Å²) in [5, 5.41) is 3.15. The van der Waals surface area contributed by atoms with Crippen molar-refractivity contribution < 1.29 is 23.1 Å². The predicted octanol–water partition coefficient (Wildman–Crippen LogP) is 4.76. The van der Waals surface area contributed by atoms with Gasteiger partial charge in [-0.15, -0.1) is 11.8 Å². The van der Waals surface area contributed by atoms with E-state index in [1.807, 2.05) is 0 Å². The van der Waals surface area contributed by atoms with Crippen molar-refractivity contribution in [3.05, 3.63) is 59.2 Å². The number of anilines is 1. The second kappa shape index (κ2) is 9.09. The summed E-state index contributed by atoms with van der Waals surface area (Å²) in [5.41, 5.74) is 1.79. The molecule has 0 unspecified atom stereocenters. The zero-order valence-electron chi connectivity index (χ0n) is 19.0. The number of amides is 3. The lowest BCUT2D eigenvalue weighted by molar-refractivity contribution is -0.123. The topological polar surface area (TPSA) is 61.9 Å². The van der Waals surface area contributed by atoms with Gasteiger partial charge in [-0.3, -0.25) is 9.69 Å². The van der Waals surface area contributed by atoms with Gasteiger partial charge >= 0.3 is 6.03 Å². The number of ether oxygens (including phenoxy) is 1. The molecule has 1 saturated heterocycles. The van der Waals surface area contributed by atoms with Crippen LogP contribution < -0.4 is 15.0 Å². The number of benzene rings is 2. The second-order valence-corrected chi connectivity index (χ2v) is 10.2. The van der Waals surface area contributed by atoms with E-state index >= 15 is 0 Å². The largest absolute Gasteiger partial charge is 0.497 e. The zero-order valence-corrected chi connectivity index (χ0v) is 19.8. The number of methoxy groups -OCH3 is 1. The van der Waals surface area contributed by atoms with E-state index in [-0.39, 0.29) is 24.5 Å². The Morgan fingerprint density at radius 2 is 1.94 bits per heavy atom. The van der Waals surface area contributed by atoms with Crippen molar-refractivity contribution in [2.24, 2.45) is 0 Å². The first kappa shape index (κ1) is 23.0. The van der Waals surface area contributed by atoms with Crippen LogP contribution in [0.25, 0.3) is 0 Å². The van der Waals surface area contributed by atoms with Gasteiger partial charge in [0.1, 0.15) is 5.75 Å². The summed E-state index contributed by atoms with van der Waals surface area (Å²) in [6.07, 6.45) is 5.25. The van der Waals surface area contributed by atoms with Gasteiger partial charge in [0, 0.05) is 23.9 Å². The van der Waals surface area contributed by atoms with Gasteiger partial charge in [-0.05, 0) is 48.7 Å². The van der Waals surface area contributed by atoms with Crippen LogP contribution in [-0.4, -0.2) is 42.3 Å². The molecule has 5 rings (SSSR count). The van der Waals surface area contributed by atoms with E-state index < -0.39 is 16.5 Å². The summed E-state index contributed by atoms with van der Waals surface area (Å²) in [6, 6.07) is 8.85. The molecular formula is C25H27F2N3O3S. The smallest absolute Gasteiger partial charge is 0.319 e. The van der Waals surface area contributed by atoms with Gasteiger partial charge in [-0.25, -0.2) is 13.6 Å². The molecule has 0 bridgehead atoms. The minimum absolute atomic E-state index is 0.0652. The second-order valence-electron chi connectivity index (χ2n) is 8.95. The number of fused-ring (bicyclic) bond motifs is 2. The van der Waals surface area contributed by atoms with Crippen LogP contribution in [0.15, 0.2) is 36.4 Å². The van der Waals surface area contributed by atoms with Crippen molar-refractivity contribution in [1.29, 1.82) is 0 Å². The Balaban J connectivity index is 1.51.